The van der Waals surface area contributed by atoms with Crippen LogP contribution in [0.4, 0.5) is 10.6 Å². The summed E-state index contributed by atoms with van der Waals surface area (Å²) in [5, 5.41) is 11.4. The van der Waals surface area contributed by atoms with E-state index in [4.69, 9.17) is 5.11 Å². The molecule has 1 aromatic rings. The summed E-state index contributed by atoms with van der Waals surface area (Å²) in [6.45, 7) is 3.59. The molecule has 98 valence electrons. The second kappa shape index (κ2) is 6.00. The predicted molar refractivity (Wildman–Crippen MR) is 67.4 cm³/mol. The van der Waals surface area contributed by atoms with Gasteiger partial charge in [0.25, 0.3) is 0 Å². The zero-order chi connectivity index (χ0) is 13.7. The first-order valence-corrected chi connectivity index (χ1v) is 5.57. The van der Waals surface area contributed by atoms with Gasteiger partial charge in [-0.2, -0.15) is 0 Å². The fourth-order valence-electron chi connectivity index (χ4n) is 1.38. The van der Waals surface area contributed by atoms with Crippen LogP contribution in [0, 0.1) is 12.8 Å². The van der Waals surface area contributed by atoms with Gasteiger partial charge in [0.05, 0.1) is 5.92 Å². The van der Waals surface area contributed by atoms with Gasteiger partial charge in [0.2, 0.25) is 0 Å². The predicted octanol–water partition coefficient (Wildman–Crippen LogP) is 1.57. The van der Waals surface area contributed by atoms with Gasteiger partial charge in [-0.1, -0.05) is 6.92 Å². The van der Waals surface area contributed by atoms with Crippen LogP contribution in [0.3, 0.4) is 0 Å². The van der Waals surface area contributed by atoms with E-state index in [1.54, 1.807) is 26.2 Å². The maximum atomic E-state index is 11.8. The molecule has 18 heavy (non-hydrogen) atoms. The van der Waals surface area contributed by atoms with Gasteiger partial charge >= 0.3 is 12.0 Å². The van der Waals surface area contributed by atoms with E-state index in [-0.39, 0.29) is 12.6 Å². The number of rotatable bonds is 4. The molecule has 0 saturated carbocycles. The summed E-state index contributed by atoms with van der Waals surface area (Å²) in [5.41, 5.74) is 0.988. The van der Waals surface area contributed by atoms with Crippen molar-refractivity contribution < 1.29 is 14.7 Å². The minimum Gasteiger partial charge on any atom is -0.481 e. The first-order chi connectivity index (χ1) is 8.40. The topological polar surface area (TPSA) is 82.5 Å². The Balaban J connectivity index is 2.57. The first kappa shape index (κ1) is 14.0. The molecule has 0 bridgehead atoms. The first-order valence-electron chi connectivity index (χ1n) is 5.57. The molecule has 2 amide bonds. The molecule has 6 nitrogen and oxygen atoms in total. The molecule has 0 aliphatic heterocycles. The minimum atomic E-state index is -0.927. The average Bonchev–Trinajstić information content (AvgIpc) is 2.28. The molecular weight excluding hydrogens is 234 g/mol. The van der Waals surface area contributed by atoms with Gasteiger partial charge in [-0.3, -0.25) is 10.1 Å². The number of carbonyl (C=O) groups is 2. The van der Waals surface area contributed by atoms with Crippen molar-refractivity contribution in [2.24, 2.45) is 5.92 Å². The second-order valence-corrected chi connectivity index (χ2v) is 4.27. The molecule has 0 saturated heterocycles. The van der Waals surface area contributed by atoms with Gasteiger partial charge in [0.1, 0.15) is 5.82 Å². The number of urea groups is 1. The Labute approximate surface area is 106 Å². The van der Waals surface area contributed by atoms with Gasteiger partial charge in [-0.15, -0.1) is 0 Å². The van der Waals surface area contributed by atoms with Gasteiger partial charge in [-0.05, 0) is 24.6 Å². The Bertz CT molecular complexity index is 448. The van der Waals surface area contributed by atoms with E-state index in [1.165, 1.54) is 4.90 Å². The van der Waals surface area contributed by atoms with Crippen LogP contribution in [0.2, 0.25) is 0 Å². The second-order valence-electron chi connectivity index (χ2n) is 4.27. The molecule has 0 aliphatic rings. The van der Waals surface area contributed by atoms with E-state index in [1.807, 2.05) is 13.0 Å². The number of anilines is 1. The van der Waals surface area contributed by atoms with Crippen molar-refractivity contribution in [3.05, 3.63) is 23.9 Å². The molecule has 1 unspecified atom stereocenters. The zero-order valence-corrected chi connectivity index (χ0v) is 10.7. The molecule has 2 N–H and O–H groups in total. The van der Waals surface area contributed by atoms with Crippen LogP contribution >= 0.6 is 0 Å². The van der Waals surface area contributed by atoms with Crippen molar-refractivity contribution in [1.82, 2.24) is 9.88 Å². The van der Waals surface area contributed by atoms with Crippen molar-refractivity contribution >= 4 is 17.8 Å². The average molecular weight is 251 g/mol. The lowest BCUT2D eigenvalue weighted by Crippen LogP contribution is -2.36. The van der Waals surface area contributed by atoms with Crippen LogP contribution in [0.1, 0.15) is 12.5 Å². The highest BCUT2D eigenvalue weighted by Gasteiger charge is 2.17. The fourth-order valence-corrected chi connectivity index (χ4v) is 1.38. The Morgan fingerprint density at radius 1 is 1.56 bits per heavy atom. The van der Waals surface area contributed by atoms with E-state index >= 15 is 0 Å². The highest BCUT2D eigenvalue weighted by Crippen LogP contribution is 2.07. The number of pyridine rings is 1. The Kier molecular flexibility index (Phi) is 4.65. The number of hydrogen-bond acceptors (Lipinski definition) is 3. The maximum Gasteiger partial charge on any atom is 0.322 e. The van der Waals surface area contributed by atoms with Gasteiger partial charge in [0, 0.05) is 19.8 Å². The SMILES string of the molecule is Cc1ccnc(NC(=O)N(C)CC(C)C(=O)O)c1. The van der Waals surface area contributed by atoms with Crippen molar-refractivity contribution in [3.8, 4) is 0 Å². The third kappa shape index (κ3) is 4.04. The van der Waals surface area contributed by atoms with Gasteiger partial charge < -0.3 is 10.0 Å². The maximum absolute atomic E-state index is 11.8. The number of aromatic nitrogens is 1. The third-order valence-corrected chi connectivity index (χ3v) is 2.47. The molecular formula is C12H17N3O3. The van der Waals surface area contributed by atoms with Crippen LogP contribution in [-0.4, -0.2) is 40.6 Å². The van der Waals surface area contributed by atoms with Gasteiger partial charge in [-0.25, -0.2) is 9.78 Å². The number of nitrogens with one attached hydrogen (secondary N) is 1. The van der Waals surface area contributed by atoms with Crippen LogP contribution in [0.5, 0.6) is 0 Å². The molecule has 1 rings (SSSR count). The highest BCUT2D eigenvalue weighted by molar-refractivity contribution is 5.88. The Morgan fingerprint density at radius 2 is 2.22 bits per heavy atom. The van der Waals surface area contributed by atoms with Crippen LogP contribution in [0.25, 0.3) is 0 Å². The number of carboxylic acids is 1. The summed E-state index contributed by atoms with van der Waals surface area (Å²) in [6, 6.07) is 3.19. The lowest BCUT2D eigenvalue weighted by Gasteiger charge is -2.19. The number of carboxylic acid groups (broad SMARTS) is 1. The van der Waals surface area contributed by atoms with Crippen LogP contribution < -0.4 is 5.32 Å². The number of aliphatic carboxylic acids is 1. The van der Waals surface area contributed by atoms with Gasteiger partial charge in [0.15, 0.2) is 0 Å². The lowest BCUT2D eigenvalue weighted by atomic mass is 10.2. The molecule has 0 aliphatic carbocycles. The standard InChI is InChI=1S/C12H17N3O3/c1-8-4-5-13-10(6-8)14-12(18)15(3)7-9(2)11(16)17/h4-6,9H,7H2,1-3H3,(H,16,17)(H,13,14,18). The molecule has 6 heteroatoms. The number of carbonyl (C=O) groups excluding carboxylic acids is 1. The minimum absolute atomic E-state index is 0.146. The van der Waals surface area contributed by atoms with Crippen molar-refractivity contribution in [2.75, 3.05) is 18.9 Å². The Morgan fingerprint density at radius 3 is 2.78 bits per heavy atom. The van der Waals surface area contributed by atoms with Crippen molar-refractivity contribution in [2.45, 2.75) is 13.8 Å². The monoisotopic (exact) mass is 251 g/mol. The number of amides is 2. The zero-order valence-electron chi connectivity index (χ0n) is 10.7. The summed E-state index contributed by atoms with van der Waals surface area (Å²) >= 11 is 0. The van der Waals surface area contributed by atoms with E-state index in [9.17, 15) is 9.59 Å². The summed E-state index contributed by atoms with van der Waals surface area (Å²) in [4.78, 5) is 27.8. The quantitative estimate of drug-likeness (QED) is 0.851. The molecule has 1 heterocycles. The van der Waals surface area contributed by atoms with Crippen LogP contribution in [0.15, 0.2) is 18.3 Å². The molecule has 0 spiro atoms. The summed E-state index contributed by atoms with van der Waals surface area (Å²) < 4.78 is 0. The molecule has 0 aromatic carbocycles. The summed E-state index contributed by atoms with van der Waals surface area (Å²) in [7, 11) is 1.55. The number of nitrogens with zero attached hydrogens (tertiary/aromatic N) is 2. The van der Waals surface area contributed by atoms with E-state index in [0.29, 0.717) is 5.82 Å². The van der Waals surface area contributed by atoms with E-state index in [2.05, 4.69) is 10.3 Å². The Hall–Kier alpha value is -2.11. The molecule has 0 fully saturated rings. The highest BCUT2D eigenvalue weighted by atomic mass is 16.4. The summed E-state index contributed by atoms with van der Waals surface area (Å²) in [6.07, 6.45) is 1.60. The molecule has 0 radical (unpaired) electrons. The number of aryl methyl sites for hydroxylation is 1. The molecule has 1 atom stereocenters. The normalized spacial score (nSPS) is 11.7. The molecule has 1 aromatic heterocycles. The lowest BCUT2D eigenvalue weighted by molar-refractivity contribution is -0.141. The van der Waals surface area contributed by atoms with Crippen molar-refractivity contribution in [3.63, 3.8) is 0 Å². The smallest absolute Gasteiger partial charge is 0.322 e. The van der Waals surface area contributed by atoms with E-state index in [0.717, 1.165) is 5.56 Å². The van der Waals surface area contributed by atoms with Crippen LogP contribution in [-0.2, 0) is 4.79 Å². The summed E-state index contributed by atoms with van der Waals surface area (Å²) in [5.74, 6) is -1.08. The fraction of sp³-hybridized carbons (Fsp3) is 0.417. The largest absolute Gasteiger partial charge is 0.481 e. The van der Waals surface area contributed by atoms with E-state index < -0.39 is 11.9 Å². The number of hydrogen-bond donors (Lipinski definition) is 2. The van der Waals surface area contributed by atoms with Crippen molar-refractivity contribution in [1.29, 1.82) is 0 Å². The third-order valence-electron chi connectivity index (χ3n) is 2.47.